The van der Waals surface area contributed by atoms with Crippen molar-refractivity contribution in [3.63, 3.8) is 0 Å². The number of carbonyl (C=O) groups is 1. The lowest BCUT2D eigenvalue weighted by atomic mass is 10.2. The van der Waals surface area contributed by atoms with E-state index in [-0.39, 0.29) is 11.7 Å². The maximum atomic E-state index is 11.4. The van der Waals surface area contributed by atoms with Gasteiger partial charge in [-0.05, 0) is 24.3 Å². The highest BCUT2D eigenvalue weighted by atomic mass is 35.5. The summed E-state index contributed by atoms with van der Waals surface area (Å²) in [7, 11) is 0. The molecule has 0 saturated carbocycles. The quantitative estimate of drug-likeness (QED) is 0.782. The normalized spacial score (nSPS) is 10.2. The van der Waals surface area contributed by atoms with Crippen molar-refractivity contribution >= 4 is 28.9 Å². The zero-order chi connectivity index (χ0) is 15.2. The molecule has 0 aliphatic rings. The number of benzene rings is 2. The first-order chi connectivity index (χ1) is 10.1. The second-order valence-corrected chi connectivity index (χ2v) is 4.99. The standard InChI is InChI=1S/C16H17ClN2O2/c1-2-15(20)19-13-7-4-6-12(9-13)18-10-11-5-3-8-14(17)16(11)21/h3-9,18,21H,2,10H2,1H3,(H,19,20). The summed E-state index contributed by atoms with van der Waals surface area (Å²) < 4.78 is 0. The molecule has 0 aliphatic heterocycles. The molecular formula is C16H17ClN2O2. The number of hydrogen-bond donors (Lipinski definition) is 3. The molecule has 0 saturated heterocycles. The monoisotopic (exact) mass is 304 g/mol. The Morgan fingerprint density at radius 1 is 1.19 bits per heavy atom. The van der Waals surface area contributed by atoms with Gasteiger partial charge in [-0.3, -0.25) is 4.79 Å². The fraction of sp³-hybridized carbons (Fsp3) is 0.188. The van der Waals surface area contributed by atoms with E-state index >= 15 is 0 Å². The van der Waals surface area contributed by atoms with E-state index in [0.717, 1.165) is 11.4 Å². The molecule has 0 fully saturated rings. The summed E-state index contributed by atoms with van der Waals surface area (Å²) >= 11 is 5.87. The largest absolute Gasteiger partial charge is 0.506 e. The summed E-state index contributed by atoms with van der Waals surface area (Å²) in [6.07, 6.45) is 0.439. The van der Waals surface area contributed by atoms with Crippen LogP contribution < -0.4 is 10.6 Å². The predicted octanol–water partition coefficient (Wildman–Crippen LogP) is 4.01. The van der Waals surface area contributed by atoms with Crippen LogP contribution in [0, 0.1) is 0 Å². The van der Waals surface area contributed by atoms with Gasteiger partial charge in [-0.15, -0.1) is 0 Å². The molecule has 0 unspecified atom stereocenters. The summed E-state index contributed by atoms with van der Waals surface area (Å²) in [5.74, 6) is 0.0572. The van der Waals surface area contributed by atoms with Crippen molar-refractivity contribution in [1.29, 1.82) is 0 Å². The minimum Gasteiger partial charge on any atom is -0.506 e. The number of halogens is 1. The third-order valence-electron chi connectivity index (χ3n) is 3.02. The molecule has 3 N–H and O–H groups in total. The molecule has 0 aromatic heterocycles. The van der Waals surface area contributed by atoms with Crippen molar-refractivity contribution in [1.82, 2.24) is 0 Å². The number of phenols is 1. The van der Waals surface area contributed by atoms with Crippen LogP contribution in [0.25, 0.3) is 0 Å². The van der Waals surface area contributed by atoms with Crippen LogP contribution in [-0.2, 0) is 11.3 Å². The molecule has 0 spiro atoms. The Balaban J connectivity index is 2.05. The van der Waals surface area contributed by atoms with Crippen LogP contribution in [0.1, 0.15) is 18.9 Å². The van der Waals surface area contributed by atoms with Gasteiger partial charge in [0.25, 0.3) is 0 Å². The third-order valence-corrected chi connectivity index (χ3v) is 3.33. The van der Waals surface area contributed by atoms with E-state index < -0.39 is 0 Å². The van der Waals surface area contributed by atoms with Crippen molar-refractivity contribution < 1.29 is 9.90 Å². The van der Waals surface area contributed by atoms with E-state index in [0.29, 0.717) is 23.6 Å². The molecule has 2 rings (SSSR count). The minimum absolute atomic E-state index is 0.0281. The van der Waals surface area contributed by atoms with E-state index in [1.54, 1.807) is 25.1 Å². The predicted molar refractivity (Wildman–Crippen MR) is 85.8 cm³/mol. The Bertz CT molecular complexity index is 644. The second kappa shape index (κ2) is 6.99. The molecular weight excluding hydrogens is 288 g/mol. The number of para-hydroxylation sites is 1. The molecule has 5 heteroatoms. The van der Waals surface area contributed by atoms with E-state index in [2.05, 4.69) is 10.6 Å². The minimum atomic E-state index is -0.0281. The van der Waals surface area contributed by atoms with Crippen molar-refractivity contribution in [3.8, 4) is 5.75 Å². The Kier molecular flexibility index (Phi) is 5.06. The lowest BCUT2D eigenvalue weighted by Crippen LogP contribution is -2.09. The maximum Gasteiger partial charge on any atom is 0.224 e. The topological polar surface area (TPSA) is 61.4 Å². The first-order valence-corrected chi connectivity index (χ1v) is 7.08. The molecule has 110 valence electrons. The molecule has 0 bridgehead atoms. The highest BCUT2D eigenvalue weighted by Crippen LogP contribution is 2.27. The van der Waals surface area contributed by atoms with Crippen molar-refractivity contribution in [2.75, 3.05) is 10.6 Å². The van der Waals surface area contributed by atoms with Gasteiger partial charge < -0.3 is 15.7 Å². The van der Waals surface area contributed by atoms with Crippen LogP contribution in [0.5, 0.6) is 5.75 Å². The summed E-state index contributed by atoms with van der Waals surface area (Å²) in [6.45, 7) is 2.25. The van der Waals surface area contributed by atoms with Crippen LogP contribution >= 0.6 is 11.6 Å². The first-order valence-electron chi connectivity index (χ1n) is 6.70. The molecule has 0 aliphatic carbocycles. The van der Waals surface area contributed by atoms with Gasteiger partial charge >= 0.3 is 0 Å². The van der Waals surface area contributed by atoms with E-state index in [4.69, 9.17) is 11.6 Å². The average Bonchev–Trinajstić information content (AvgIpc) is 2.49. The van der Waals surface area contributed by atoms with Crippen molar-refractivity contribution in [2.24, 2.45) is 0 Å². The second-order valence-electron chi connectivity index (χ2n) is 4.58. The maximum absolute atomic E-state index is 11.4. The zero-order valence-electron chi connectivity index (χ0n) is 11.7. The van der Waals surface area contributed by atoms with E-state index in [1.807, 2.05) is 24.3 Å². The van der Waals surface area contributed by atoms with Crippen LogP contribution in [0.2, 0.25) is 5.02 Å². The highest BCUT2D eigenvalue weighted by molar-refractivity contribution is 6.32. The summed E-state index contributed by atoms with van der Waals surface area (Å²) in [5, 5.41) is 16.2. The molecule has 0 heterocycles. The van der Waals surface area contributed by atoms with E-state index in [1.165, 1.54) is 0 Å². The van der Waals surface area contributed by atoms with Crippen molar-refractivity contribution in [2.45, 2.75) is 19.9 Å². The number of anilines is 2. The summed E-state index contributed by atoms with van der Waals surface area (Å²) in [4.78, 5) is 11.4. The Labute approximate surface area is 128 Å². The van der Waals surface area contributed by atoms with E-state index in [9.17, 15) is 9.90 Å². The lowest BCUT2D eigenvalue weighted by Gasteiger charge is -2.11. The van der Waals surface area contributed by atoms with Gasteiger partial charge in [0.05, 0.1) is 5.02 Å². The molecule has 0 atom stereocenters. The summed E-state index contributed by atoms with van der Waals surface area (Å²) in [6, 6.07) is 12.6. The van der Waals surface area contributed by atoms with Gasteiger partial charge in [-0.1, -0.05) is 36.7 Å². The molecule has 2 aromatic carbocycles. The van der Waals surface area contributed by atoms with Crippen LogP contribution in [0.3, 0.4) is 0 Å². The molecule has 0 radical (unpaired) electrons. The van der Waals surface area contributed by atoms with Gasteiger partial charge in [0.1, 0.15) is 5.75 Å². The van der Waals surface area contributed by atoms with Gasteiger partial charge in [-0.25, -0.2) is 0 Å². The fourth-order valence-corrected chi connectivity index (χ4v) is 2.05. The molecule has 1 amide bonds. The SMILES string of the molecule is CCC(=O)Nc1cccc(NCc2cccc(Cl)c2O)c1. The number of nitrogens with one attached hydrogen (secondary N) is 2. The number of rotatable bonds is 5. The van der Waals surface area contributed by atoms with Gasteiger partial charge in [0.2, 0.25) is 5.91 Å². The summed E-state index contributed by atoms with van der Waals surface area (Å²) in [5.41, 5.74) is 2.30. The Hall–Kier alpha value is -2.20. The zero-order valence-corrected chi connectivity index (χ0v) is 12.4. The highest BCUT2D eigenvalue weighted by Gasteiger charge is 2.05. The Morgan fingerprint density at radius 2 is 1.90 bits per heavy atom. The van der Waals surface area contributed by atoms with Crippen LogP contribution in [0.15, 0.2) is 42.5 Å². The fourth-order valence-electron chi connectivity index (χ4n) is 1.86. The lowest BCUT2D eigenvalue weighted by molar-refractivity contribution is -0.115. The van der Waals surface area contributed by atoms with Gasteiger partial charge in [0.15, 0.2) is 0 Å². The molecule has 2 aromatic rings. The number of hydrogen-bond acceptors (Lipinski definition) is 3. The smallest absolute Gasteiger partial charge is 0.224 e. The van der Waals surface area contributed by atoms with Gasteiger partial charge in [0, 0.05) is 29.9 Å². The number of aromatic hydroxyl groups is 1. The van der Waals surface area contributed by atoms with Gasteiger partial charge in [-0.2, -0.15) is 0 Å². The Morgan fingerprint density at radius 3 is 2.67 bits per heavy atom. The molecule has 21 heavy (non-hydrogen) atoms. The number of amides is 1. The van der Waals surface area contributed by atoms with Crippen LogP contribution in [0.4, 0.5) is 11.4 Å². The average molecular weight is 305 g/mol. The third kappa shape index (κ3) is 4.13. The van der Waals surface area contributed by atoms with Crippen LogP contribution in [-0.4, -0.2) is 11.0 Å². The number of carbonyl (C=O) groups excluding carboxylic acids is 1. The number of phenolic OH excluding ortho intramolecular Hbond substituents is 1. The molecule has 4 nitrogen and oxygen atoms in total. The first kappa shape index (κ1) is 15.2. The van der Waals surface area contributed by atoms with Crippen molar-refractivity contribution in [3.05, 3.63) is 53.1 Å².